The van der Waals surface area contributed by atoms with Crippen molar-refractivity contribution in [3.8, 4) is 0 Å². The molecule has 0 spiro atoms. The van der Waals surface area contributed by atoms with Crippen molar-refractivity contribution in [2.75, 3.05) is 0 Å². The molecule has 0 saturated heterocycles. The second-order valence-corrected chi connectivity index (χ2v) is 5.56. The largest absolute Gasteiger partial charge is 0.382 e. The number of Topliss-reactive ketones (excluding diaryl/α,β-unsaturated/α-hetero) is 1. The van der Waals surface area contributed by atoms with Gasteiger partial charge in [0.15, 0.2) is 5.78 Å². The molecule has 0 amide bonds. The minimum atomic E-state index is -0.957. The maximum Gasteiger partial charge on any atom is 0.167 e. The molecule has 2 saturated carbocycles. The van der Waals surface area contributed by atoms with Crippen LogP contribution in [0.5, 0.6) is 0 Å². The van der Waals surface area contributed by atoms with Gasteiger partial charge in [-0.05, 0) is 44.4 Å². The van der Waals surface area contributed by atoms with Gasteiger partial charge in [0.2, 0.25) is 0 Å². The molecule has 0 heterocycles. The van der Waals surface area contributed by atoms with Gasteiger partial charge in [-0.15, -0.1) is 0 Å². The van der Waals surface area contributed by atoms with Gasteiger partial charge in [0.25, 0.3) is 0 Å². The molecule has 0 aliphatic heterocycles. The van der Waals surface area contributed by atoms with Crippen LogP contribution in [-0.2, 0) is 4.79 Å². The molecule has 0 aromatic rings. The first kappa shape index (κ1) is 11.1. The van der Waals surface area contributed by atoms with Crippen molar-refractivity contribution < 1.29 is 9.90 Å². The Morgan fingerprint density at radius 2 is 1.67 bits per heavy atom. The first-order valence-corrected chi connectivity index (χ1v) is 6.38. The smallest absolute Gasteiger partial charge is 0.167 e. The maximum atomic E-state index is 12.2. The predicted molar refractivity (Wildman–Crippen MR) is 59.5 cm³/mol. The number of carbonyl (C=O) groups is 1. The Morgan fingerprint density at radius 3 is 2.20 bits per heavy atom. The molecule has 15 heavy (non-hydrogen) atoms. The fourth-order valence-electron chi connectivity index (χ4n) is 3.05. The summed E-state index contributed by atoms with van der Waals surface area (Å²) in [5.74, 6) is 1.01. The Morgan fingerprint density at radius 1 is 1.13 bits per heavy atom. The fraction of sp³-hybridized carbons (Fsp3) is 0.923. The van der Waals surface area contributed by atoms with Crippen molar-refractivity contribution in [2.24, 2.45) is 11.8 Å². The van der Waals surface area contributed by atoms with E-state index in [1.165, 1.54) is 12.8 Å². The molecule has 0 radical (unpaired) electrons. The van der Waals surface area contributed by atoms with Gasteiger partial charge < -0.3 is 5.11 Å². The number of hydrogen-bond acceptors (Lipinski definition) is 2. The van der Waals surface area contributed by atoms with E-state index in [1.807, 2.05) is 0 Å². The lowest BCUT2D eigenvalue weighted by atomic mass is 9.74. The van der Waals surface area contributed by atoms with Crippen molar-refractivity contribution >= 4 is 5.78 Å². The van der Waals surface area contributed by atoms with Crippen LogP contribution < -0.4 is 0 Å². The van der Waals surface area contributed by atoms with Crippen LogP contribution in [-0.4, -0.2) is 16.5 Å². The van der Waals surface area contributed by atoms with Gasteiger partial charge in [0.05, 0.1) is 0 Å². The molecule has 2 fully saturated rings. The minimum Gasteiger partial charge on any atom is -0.382 e. The van der Waals surface area contributed by atoms with Crippen molar-refractivity contribution in [3.05, 3.63) is 0 Å². The lowest BCUT2D eigenvalue weighted by Crippen LogP contribution is -2.44. The van der Waals surface area contributed by atoms with Gasteiger partial charge in [-0.2, -0.15) is 0 Å². The summed E-state index contributed by atoms with van der Waals surface area (Å²) in [6.45, 7) is 2.21. The molecule has 2 heteroatoms. The summed E-state index contributed by atoms with van der Waals surface area (Å²) in [6.07, 6.45) is 7.77. The number of aliphatic hydroxyl groups is 1. The van der Waals surface area contributed by atoms with Crippen LogP contribution in [0.2, 0.25) is 0 Å². The highest BCUT2D eigenvalue weighted by Crippen LogP contribution is 2.37. The molecule has 2 rings (SSSR count). The summed E-state index contributed by atoms with van der Waals surface area (Å²) in [4.78, 5) is 12.2. The molecular formula is C13H22O2. The standard InChI is InChI=1S/C13H22O2/c1-10-6-8-13(15,9-7-10)12(14)11-4-2-3-5-11/h10-11,15H,2-9H2,1H3. The van der Waals surface area contributed by atoms with E-state index >= 15 is 0 Å². The summed E-state index contributed by atoms with van der Waals surface area (Å²) in [7, 11) is 0. The van der Waals surface area contributed by atoms with Crippen LogP contribution in [0.25, 0.3) is 0 Å². The number of hydrogen-bond donors (Lipinski definition) is 1. The van der Waals surface area contributed by atoms with Crippen LogP contribution >= 0.6 is 0 Å². The Labute approximate surface area is 92.1 Å². The highest BCUT2D eigenvalue weighted by molar-refractivity contribution is 5.89. The average Bonchev–Trinajstić information content (AvgIpc) is 2.75. The number of rotatable bonds is 2. The molecule has 86 valence electrons. The molecule has 0 bridgehead atoms. The van der Waals surface area contributed by atoms with Gasteiger partial charge in [0, 0.05) is 5.92 Å². The third-order valence-electron chi connectivity index (χ3n) is 4.29. The van der Waals surface area contributed by atoms with E-state index in [1.54, 1.807) is 0 Å². The monoisotopic (exact) mass is 210 g/mol. The molecule has 2 aliphatic rings. The van der Waals surface area contributed by atoms with Crippen molar-refractivity contribution in [1.29, 1.82) is 0 Å². The molecule has 2 aliphatic carbocycles. The second-order valence-electron chi connectivity index (χ2n) is 5.56. The third kappa shape index (κ3) is 2.25. The summed E-state index contributed by atoms with van der Waals surface area (Å²) in [5.41, 5.74) is -0.957. The first-order chi connectivity index (χ1) is 7.12. The van der Waals surface area contributed by atoms with Crippen LogP contribution in [0, 0.1) is 11.8 Å². The van der Waals surface area contributed by atoms with Gasteiger partial charge >= 0.3 is 0 Å². The second kappa shape index (κ2) is 4.25. The topological polar surface area (TPSA) is 37.3 Å². The summed E-state index contributed by atoms with van der Waals surface area (Å²) >= 11 is 0. The molecule has 0 aromatic carbocycles. The molecule has 0 unspecified atom stereocenters. The van der Waals surface area contributed by atoms with Crippen LogP contribution in [0.15, 0.2) is 0 Å². The Balaban J connectivity index is 1.98. The van der Waals surface area contributed by atoms with Crippen molar-refractivity contribution in [3.63, 3.8) is 0 Å². The predicted octanol–water partition coefficient (Wildman–Crippen LogP) is 2.69. The summed E-state index contributed by atoms with van der Waals surface area (Å²) < 4.78 is 0. The zero-order chi connectivity index (χ0) is 10.9. The number of ketones is 1. The van der Waals surface area contributed by atoms with E-state index < -0.39 is 5.60 Å². The SMILES string of the molecule is CC1CCC(O)(C(=O)C2CCCC2)CC1. The van der Waals surface area contributed by atoms with E-state index in [2.05, 4.69) is 6.92 Å². The first-order valence-electron chi connectivity index (χ1n) is 6.38. The molecular weight excluding hydrogens is 188 g/mol. The van der Waals surface area contributed by atoms with E-state index in [-0.39, 0.29) is 11.7 Å². The quantitative estimate of drug-likeness (QED) is 0.761. The highest BCUT2D eigenvalue weighted by atomic mass is 16.3. The zero-order valence-corrected chi connectivity index (χ0v) is 9.67. The van der Waals surface area contributed by atoms with Gasteiger partial charge in [-0.25, -0.2) is 0 Å². The minimum absolute atomic E-state index is 0.159. The molecule has 0 aromatic heterocycles. The van der Waals surface area contributed by atoms with Gasteiger partial charge in [0.1, 0.15) is 5.60 Å². The van der Waals surface area contributed by atoms with E-state index in [4.69, 9.17) is 0 Å². The van der Waals surface area contributed by atoms with E-state index in [0.717, 1.165) is 25.7 Å². The summed E-state index contributed by atoms with van der Waals surface area (Å²) in [6, 6.07) is 0. The van der Waals surface area contributed by atoms with Crippen LogP contribution in [0.4, 0.5) is 0 Å². The van der Waals surface area contributed by atoms with E-state index in [0.29, 0.717) is 18.8 Å². The number of carbonyl (C=O) groups excluding carboxylic acids is 1. The normalized spacial score (nSPS) is 38.1. The lowest BCUT2D eigenvalue weighted by Gasteiger charge is -2.35. The van der Waals surface area contributed by atoms with E-state index in [9.17, 15) is 9.90 Å². The molecule has 1 N–H and O–H groups in total. The van der Waals surface area contributed by atoms with Crippen molar-refractivity contribution in [2.45, 2.75) is 63.9 Å². The summed E-state index contributed by atoms with van der Waals surface area (Å²) in [5, 5.41) is 10.4. The van der Waals surface area contributed by atoms with Gasteiger partial charge in [-0.1, -0.05) is 19.8 Å². The molecule has 2 nitrogen and oxygen atoms in total. The Kier molecular flexibility index (Phi) is 3.15. The van der Waals surface area contributed by atoms with Gasteiger partial charge in [-0.3, -0.25) is 4.79 Å². The van der Waals surface area contributed by atoms with Crippen LogP contribution in [0.3, 0.4) is 0 Å². The Bertz CT molecular complexity index is 233. The molecule has 0 atom stereocenters. The fourth-order valence-corrected chi connectivity index (χ4v) is 3.05. The maximum absolute atomic E-state index is 12.2. The van der Waals surface area contributed by atoms with Crippen molar-refractivity contribution in [1.82, 2.24) is 0 Å². The highest BCUT2D eigenvalue weighted by Gasteiger charge is 2.42. The third-order valence-corrected chi connectivity index (χ3v) is 4.29. The van der Waals surface area contributed by atoms with Crippen LogP contribution in [0.1, 0.15) is 58.3 Å². The Hall–Kier alpha value is -0.370. The lowest BCUT2D eigenvalue weighted by molar-refractivity contribution is -0.145. The zero-order valence-electron chi connectivity index (χ0n) is 9.67. The average molecular weight is 210 g/mol.